The topological polar surface area (TPSA) is 61.6 Å². The van der Waals surface area contributed by atoms with Gasteiger partial charge < -0.3 is 5.32 Å². The van der Waals surface area contributed by atoms with Crippen molar-refractivity contribution in [3.05, 3.63) is 34.9 Å². The van der Waals surface area contributed by atoms with E-state index in [2.05, 4.69) is 35.2 Å². The zero-order valence-electron chi connectivity index (χ0n) is 13.0. The van der Waals surface area contributed by atoms with E-state index >= 15 is 0 Å². The summed E-state index contributed by atoms with van der Waals surface area (Å²) in [6.07, 6.45) is 2.25. The van der Waals surface area contributed by atoms with Crippen LogP contribution in [0, 0.1) is 11.3 Å². The van der Waals surface area contributed by atoms with Crippen molar-refractivity contribution in [3.63, 3.8) is 0 Å². The third-order valence-corrected chi connectivity index (χ3v) is 4.49. The highest BCUT2D eigenvalue weighted by atomic mass is 35.5. The number of nitriles is 1. The fourth-order valence-corrected chi connectivity index (χ4v) is 2.99. The van der Waals surface area contributed by atoms with Crippen LogP contribution in [0.25, 0.3) is 11.3 Å². The summed E-state index contributed by atoms with van der Waals surface area (Å²) in [7, 11) is 0. The number of nitrogens with zero attached hydrogens (tertiary/aromatic N) is 3. The van der Waals surface area contributed by atoms with Gasteiger partial charge in [-0.2, -0.15) is 5.26 Å². The van der Waals surface area contributed by atoms with Gasteiger partial charge >= 0.3 is 0 Å². The molecule has 4 nitrogen and oxygen atoms in total. The lowest BCUT2D eigenvalue weighted by atomic mass is 10.1. The minimum Gasteiger partial charge on any atom is -0.366 e. The van der Waals surface area contributed by atoms with Gasteiger partial charge in [-0.3, -0.25) is 0 Å². The second-order valence-electron chi connectivity index (χ2n) is 5.78. The second kappa shape index (κ2) is 6.77. The molecule has 23 heavy (non-hydrogen) atoms. The van der Waals surface area contributed by atoms with Gasteiger partial charge in [-0.25, -0.2) is 9.97 Å². The molecule has 1 aliphatic carbocycles. The number of hydrogen-bond acceptors (Lipinski definition) is 5. The first-order chi connectivity index (χ1) is 11.1. The molecule has 1 N–H and O–H groups in total. The summed E-state index contributed by atoms with van der Waals surface area (Å²) in [5, 5.41) is 14.7. The van der Waals surface area contributed by atoms with Crippen LogP contribution >= 0.6 is 23.4 Å². The summed E-state index contributed by atoms with van der Waals surface area (Å²) in [5.41, 5.74) is 2.02. The van der Waals surface area contributed by atoms with E-state index in [9.17, 15) is 5.26 Å². The lowest BCUT2D eigenvalue weighted by Gasteiger charge is -2.13. The number of hydrogen-bond donors (Lipinski definition) is 1. The normalized spacial score (nSPS) is 13.9. The minimum absolute atomic E-state index is 0.370. The molecular weight excluding hydrogens is 328 g/mol. The van der Waals surface area contributed by atoms with E-state index < -0.39 is 0 Å². The van der Waals surface area contributed by atoms with E-state index in [1.165, 1.54) is 0 Å². The van der Waals surface area contributed by atoms with Gasteiger partial charge in [0.1, 0.15) is 17.5 Å². The summed E-state index contributed by atoms with van der Waals surface area (Å²) >= 11 is 7.56. The third kappa shape index (κ3) is 3.95. The Bertz CT molecular complexity index is 748. The molecule has 1 fully saturated rings. The minimum atomic E-state index is 0.370. The quantitative estimate of drug-likeness (QED) is 0.626. The molecule has 0 aliphatic heterocycles. The molecule has 1 saturated carbocycles. The first-order valence-electron chi connectivity index (χ1n) is 7.58. The number of halogens is 1. The fourth-order valence-electron chi connectivity index (χ4n) is 2.15. The Morgan fingerprint density at radius 2 is 1.96 bits per heavy atom. The predicted octanol–water partition coefficient (Wildman–Crippen LogP) is 4.74. The molecule has 6 heteroatoms. The van der Waals surface area contributed by atoms with E-state index in [-0.39, 0.29) is 0 Å². The lowest BCUT2D eigenvalue weighted by Crippen LogP contribution is -2.09. The zero-order valence-corrected chi connectivity index (χ0v) is 14.6. The van der Waals surface area contributed by atoms with Crippen molar-refractivity contribution >= 4 is 29.2 Å². The van der Waals surface area contributed by atoms with Crippen LogP contribution in [-0.4, -0.2) is 21.3 Å². The molecule has 1 aromatic carbocycles. The average molecular weight is 345 g/mol. The fraction of sp³-hybridized carbons (Fsp3) is 0.353. The number of rotatable bonds is 5. The zero-order chi connectivity index (χ0) is 16.4. The molecule has 118 valence electrons. The smallest absolute Gasteiger partial charge is 0.190 e. The van der Waals surface area contributed by atoms with Crippen molar-refractivity contribution in [1.82, 2.24) is 9.97 Å². The van der Waals surface area contributed by atoms with Gasteiger partial charge in [0.15, 0.2) is 5.16 Å². The SMILES string of the molecule is CC(C)Sc1nc(NC2CC2)c(C#N)c(-c2ccc(Cl)cc2)n1. The first-order valence-corrected chi connectivity index (χ1v) is 8.84. The van der Waals surface area contributed by atoms with Crippen molar-refractivity contribution in [2.45, 2.75) is 43.1 Å². The second-order valence-corrected chi connectivity index (χ2v) is 7.76. The molecule has 0 radical (unpaired) electrons. The number of aromatic nitrogens is 2. The Labute approximate surface area is 145 Å². The monoisotopic (exact) mass is 344 g/mol. The van der Waals surface area contributed by atoms with Gasteiger partial charge in [0.05, 0.1) is 5.69 Å². The Morgan fingerprint density at radius 1 is 1.26 bits per heavy atom. The van der Waals surface area contributed by atoms with Crippen LogP contribution < -0.4 is 5.32 Å². The van der Waals surface area contributed by atoms with Crippen molar-refractivity contribution in [1.29, 1.82) is 5.26 Å². The van der Waals surface area contributed by atoms with Crippen LogP contribution in [0.4, 0.5) is 5.82 Å². The maximum atomic E-state index is 9.62. The van der Waals surface area contributed by atoms with Gasteiger partial charge in [-0.05, 0) is 25.0 Å². The highest BCUT2D eigenvalue weighted by Crippen LogP contribution is 2.33. The van der Waals surface area contributed by atoms with Crippen molar-refractivity contribution < 1.29 is 0 Å². The van der Waals surface area contributed by atoms with E-state index in [4.69, 9.17) is 11.6 Å². The molecule has 0 atom stereocenters. The molecule has 1 aliphatic rings. The van der Waals surface area contributed by atoms with Crippen LogP contribution in [0.2, 0.25) is 5.02 Å². The summed E-state index contributed by atoms with van der Waals surface area (Å²) in [6, 6.07) is 10.1. The van der Waals surface area contributed by atoms with Gasteiger partial charge in [0, 0.05) is 21.9 Å². The first kappa shape index (κ1) is 16.1. The van der Waals surface area contributed by atoms with Crippen LogP contribution in [0.5, 0.6) is 0 Å². The lowest BCUT2D eigenvalue weighted by molar-refractivity contribution is 0.941. The standard InChI is InChI=1S/C17H17ClN4S/c1-10(2)23-17-21-15(11-3-5-12(18)6-4-11)14(9-19)16(22-17)20-13-7-8-13/h3-6,10,13H,7-8H2,1-2H3,(H,20,21,22). The van der Waals surface area contributed by atoms with Crippen LogP contribution in [-0.2, 0) is 0 Å². The van der Waals surface area contributed by atoms with Crippen LogP contribution in [0.15, 0.2) is 29.4 Å². The van der Waals surface area contributed by atoms with Gasteiger partial charge in [-0.1, -0.05) is 49.3 Å². The van der Waals surface area contributed by atoms with Gasteiger partial charge in [0.2, 0.25) is 0 Å². The van der Waals surface area contributed by atoms with Crippen molar-refractivity contribution in [2.75, 3.05) is 5.32 Å². The molecule has 1 aromatic heterocycles. The largest absolute Gasteiger partial charge is 0.366 e. The summed E-state index contributed by atoms with van der Waals surface area (Å²) in [6.45, 7) is 4.20. The maximum Gasteiger partial charge on any atom is 0.190 e. The van der Waals surface area contributed by atoms with Gasteiger partial charge in [-0.15, -0.1) is 0 Å². The maximum absolute atomic E-state index is 9.62. The summed E-state index contributed by atoms with van der Waals surface area (Å²) < 4.78 is 0. The van der Waals surface area contributed by atoms with Crippen molar-refractivity contribution in [3.8, 4) is 17.3 Å². The Balaban J connectivity index is 2.10. The van der Waals surface area contributed by atoms with E-state index in [0.717, 1.165) is 18.4 Å². The van der Waals surface area contributed by atoms with E-state index in [1.54, 1.807) is 11.8 Å². The molecule has 0 spiro atoms. The summed E-state index contributed by atoms with van der Waals surface area (Å²) in [5.74, 6) is 0.637. The van der Waals surface area contributed by atoms with Crippen LogP contribution in [0.1, 0.15) is 32.3 Å². The van der Waals surface area contributed by atoms with E-state index in [0.29, 0.717) is 38.5 Å². The van der Waals surface area contributed by atoms with Crippen LogP contribution in [0.3, 0.4) is 0 Å². The van der Waals surface area contributed by atoms with Crippen molar-refractivity contribution in [2.24, 2.45) is 0 Å². The Morgan fingerprint density at radius 3 is 2.52 bits per heavy atom. The molecule has 3 rings (SSSR count). The van der Waals surface area contributed by atoms with Gasteiger partial charge in [0.25, 0.3) is 0 Å². The molecule has 0 bridgehead atoms. The predicted molar refractivity (Wildman–Crippen MR) is 94.8 cm³/mol. The third-order valence-electron chi connectivity index (χ3n) is 3.38. The average Bonchev–Trinajstić information content (AvgIpc) is 3.31. The molecule has 0 amide bonds. The number of benzene rings is 1. The molecule has 1 heterocycles. The molecular formula is C17H17ClN4S. The highest BCUT2D eigenvalue weighted by molar-refractivity contribution is 7.99. The molecule has 2 aromatic rings. The number of anilines is 1. The molecule has 0 saturated heterocycles. The Hall–Kier alpha value is -1.77. The van der Waals surface area contributed by atoms with E-state index in [1.807, 2.05) is 24.3 Å². The number of nitrogens with one attached hydrogen (secondary N) is 1. The number of thioether (sulfide) groups is 1. The molecule has 0 unspecified atom stereocenters. The summed E-state index contributed by atoms with van der Waals surface area (Å²) in [4.78, 5) is 9.18. The Kier molecular flexibility index (Phi) is 4.74. The highest BCUT2D eigenvalue weighted by Gasteiger charge is 2.25.